The van der Waals surface area contributed by atoms with E-state index in [4.69, 9.17) is 4.74 Å². The second-order valence-corrected chi connectivity index (χ2v) is 12.1. The van der Waals surface area contributed by atoms with Crippen LogP contribution in [0.1, 0.15) is 43.9 Å². The predicted molar refractivity (Wildman–Crippen MR) is 163 cm³/mol. The quantitative estimate of drug-likeness (QED) is 0.298. The van der Waals surface area contributed by atoms with Crippen LogP contribution in [0.3, 0.4) is 0 Å². The number of anilines is 1. The lowest BCUT2D eigenvalue weighted by atomic mass is 10.0. The number of ether oxygens (including phenoxy) is 1. The molecule has 2 unspecified atom stereocenters. The first kappa shape index (κ1) is 31.7. The zero-order valence-corrected chi connectivity index (χ0v) is 25.4. The maximum Gasteiger partial charge on any atom is 0.244 e. The molecule has 2 atom stereocenters. The van der Waals surface area contributed by atoms with Crippen LogP contribution in [0.5, 0.6) is 5.75 Å². The summed E-state index contributed by atoms with van der Waals surface area (Å²) in [6.45, 7) is 7.88. The number of nitrogens with one attached hydrogen (secondary N) is 1. The largest absolute Gasteiger partial charge is 0.494 e. The van der Waals surface area contributed by atoms with Gasteiger partial charge in [0.1, 0.15) is 18.3 Å². The van der Waals surface area contributed by atoms with Gasteiger partial charge in [0, 0.05) is 19.0 Å². The molecule has 2 amide bonds. The monoisotopic (exact) mass is 579 g/mol. The molecule has 9 heteroatoms. The molecule has 0 spiro atoms. The van der Waals surface area contributed by atoms with Crippen LogP contribution in [-0.2, 0) is 32.6 Å². The first-order valence-corrected chi connectivity index (χ1v) is 15.8. The van der Waals surface area contributed by atoms with Crippen molar-refractivity contribution in [2.24, 2.45) is 0 Å². The number of carbonyl (C=O) groups excluding carboxylic acids is 2. The van der Waals surface area contributed by atoms with E-state index in [-0.39, 0.29) is 24.9 Å². The second kappa shape index (κ2) is 14.7. The summed E-state index contributed by atoms with van der Waals surface area (Å²) in [6, 6.07) is 22.8. The Morgan fingerprint density at radius 2 is 1.56 bits per heavy atom. The average molecular weight is 580 g/mol. The number of nitrogens with zero attached hydrogens (tertiary/aromatic N) is 2. The van der Waals surface area contributed by atoms with Crippen LogP contribution in [0.4, 0.5) is 5.69 Å². The molecule has 1 N–H and O–H groups in total. The Morgan fingerprint density at radius 3 is 2.15 bits per heavy atom. The van der Waals surface area contributed by atoms with Crippen molar-refractivity contribution in [2.45, 2.75) is 59.2 Å². The lowest BCUT2D eigenvalue weighted by molar-refractivity contribution is -0.140. The van der Waals surface area contributed by atoms with Gasteiger partial charge in [-0.1, -0.05) is 61.5 Å². The second-order valence-electron chi connectivity index (χ2n) is 10.2. The van der Waals surface area contributed by atoms with E-state index in [1.165, 1.54) is 4.90 Å². The summed E-state index contributed by atoms with van der Waals surface area (Å²) in [6.07, 6.45) is 2.08. The molecule has 0 aromatic heterocycles. The van der Waals surface area contributed by atoms with Gasteiger partial charge < -0.3 is 15.0 Å². The topological polar surface area (TPSA) is 96.0 Å². The number of hydrogen-bond acceptors (Lipinski definition) is 5. The molecule has 0 saturated carbocycles. The number of sulfonamides is 1. The van der Waals surface area contributed by atoms with Gasteiger partial charge in [-0.15, -0.1) is 0 Å². The highest BCUT2D eigenvalue weighted by Gasteiger charge is 2.33. The van der Waals surface area contributed by atoms with E-state index < -0.39 is 28.5 Å². The zero-order chi connectivity index (χ0) is 30.0. The minimum atomic E-state index is -3.84. The predicted octanol–water partition coefficient (Wildman–Crippen LogP) is 4.71. The zero-order valence-electron chi connectivity index (χ0n) is 24.5. The Hall–Kier alpha value is -3.85. The maximum absolute atomic E-state index is 14.2. The molecule has 0 bridgehead atoms. The molecule has 8 nitrogen and oxygen atoms in total. The van der Waals surface area contributed by atoms with Crippen LogP contribution in [0.15, 0.2) is 78.9 Å². The van der Waals surface area contributed by atoms with Gasteiger partial charge in [-0.05, 0) is 68.1 Å². The molecule has 41 heavy (non-hydrogen) atoms. The molecule has 0 aliphatic carbocycles. The van der Waals surface area contributed by atoms with Gasteiger partial charge in [0.15, 0.2) is 0 Å². The van der Waals surface area contributed by atoms with Crippen LogP contribution < -0.4 is 14.4 Å². The summed E-state index contributed by atoms with van der Waals surface area (Å²) in [5, 5.41) is 3.04. The standard InChI is InChI=1S/C32H41N3O5S/c1-6-25(4)33-32(37)30(21-26-14-9-8-10-15-26)34(22-27-16-12-11-13-24(27)3)31(36)23-35(41(5,38)39)28-17-19-29(20-18-28)40-7-2/h8-20,25,30H,6-7,21-23H2,1-5H3,(H,33,37). The van der Waals surface area contributed by atoms with Gasteiger partial charge >= 0.3 is 0 Å². The van der Waals surface area contributed by atoms with Crippen LogP contribution in [0.2, 0.25) is 0 Å². The summed E-state index contributed by atoms with van der Waals surface area (Å²) in [7, 11) is -3.84. The Balaban J connectivity index is 2.05. The van der Waals surface area contributed by atoms with Gasteiger partial charge in [0.25, 0.3) is 0 Å². The minimum Gasteiger partial charge on any atom is -0.494 e. The lowest BCUT2D eigenvalue weighted by Gasteiger charge is -2.34. The van der Waals surface area contributed by atoms with E-state index in [9.17, 15) is 18.0 Å². The SMILES string of the molecule is CCOc1ccc(N(CC(=O)N(Cc2ccccc2C)C(Cc2ccccc2)C(=O)NC(C)CC)S(C)(=O)=O)cc1. The molecule has 0 aliphatic rings. The number of aryl methyl sites for hydroxylation is 1. The van der Waals surface area contributed by atoms with E-state index in [2.05, 4.69) is 5.32 Å². The summed E-state index contributed by atoms with van der Waals surface area (Å²) >= 11 is 0. The van der Waals surface area contributed by atoms with Crippen molar-refractivity contribution in [1.29, 1.82) is 0 Å². The van der Waals surface area contributed by atoms with Crippen LogP contribution in [0.25, 0.3) is 0 Å². The summed E-state index contributed by atoms with van der Waals surface area (Å²) < 4.78 is 32.4. The van der Waals surface area contributed by atoms with Crippen molar-refractivity contribution in [1.82, 2.24) is 10.2 Å². The minimum absolute atomic E-state index is 0.0902. The van der Waals surface area contributed by atoms with Gasteiger partial charge in [-0.3, -0.25) is 13.9 Å². The molecule has 3 aromatic rings. The van der Waals surface area contributed by atoms with Crippen molar-refractivity contribution in [3.05, 3.63) is 95.6 Å². The van der Waals surface area contributed by atoms with Crippen molar-refractivity contribution in [3.8, 4) is 5.75 Å². The fraction of sp³-hybridized carbons (Fsp3) is 0.375. The highest BCUT2D eigenvalue weighted by atomic mass is 32.2. The van der Waals surface area contributed by atoms with E-state index in [0.29, 0.717) is 18.0 Å². The molecule has 0 fully saturated rings. The van der Waals surface area contributed by atoms with Crippen molar-refractivity contribution in [2.75, 3.05) is 23.7 Å². The molecule has 3 rings (SSSR count). The third-order valence-electron chi connectivity index (χ3n) is 6.99. The highest BCUT2D eigenvalue weighted by Crippen LogP contribution is 2.23. The van der Waals surface area contributed by atoms with E-state index in [0.717, 1.165) is 33.7 Å². The molecule has 0 aliphatic heterocycles. The lowest BCUT2D eigenvalue weighted by Crippen LogP contribution is -2.54. The molecule has 0 saturated heterocycles. The van der Waals surface area contributed by atoms with Crippen LogP contribution in [0, 0.1) is 6.92 Å². The smallest absolute Gasteiger partial charge is 0.244 e. The summed E-state index contributed by atoms with van der Waals surface area (Å²) in [4.78, 5) is 29.4. The first-order valence-electron chi connectivity index (χ1n) is 13.9. The number of rotatable bonds is 14. The molecule has 0 radical (unpaired) electrons. The van der Waals surface area contributed by atoms with Gasteiger partial charge in [-0.25, -0.2) is 8.42 Å². The van der Waals surface area contributed by atoms with Gasteiger partial charge in [-0.2, -0.15) is 0 Å². The molecule has 220 valence electrons. The van der Waals surface area contributed by atoms with Crippen molar-refractivity contribution in [3.63, 3.8) is 0 Å². The Bertz CT molecular complexity index is 1390. The van der Waals surface area contributed by atoms with E-state index >= 15 is 0 Å². The molecular formula is C32H41N3O5S. The summed E-state index contributed by atoms with van der Waals surface area (Å²) in [5.41, 5.74) is 3.08. The Morgan fingerprint density at radius 1 is 0.927 bits per heavy atom. The van der Waals surface area contributed by atoms with Gasteiger partial charge in [0.05, 0.1) is 18.6 Å². The van der Waals surface area contributed by atoms with E-state index in [1.54, 1.807) is 24.3 Å². The highest BCUT2D eigenvalue weighted by molar-refractivity contribution is 7.92. The number of hydrogen-bond donors (Lipinski definition) is 1. The molecular weight excluding hydrogens is 538 g/mol. The summed E-state index contributed by atoms with van der Waals surface area (Å²) in [5.74, 6) is -0.160. The molecule has 3 aromatic carbocycles. The number of amides is 2. The fourth-order valence-electron chi connectivity index (χ4n) is 4.46. The van der Waals surface area contributed by atoms with E-state index in [1.807, 2.05) is 82.3 Å². The van der Waals surface area contributed by atoms with Crippen molar-refractivity contribution >= 4 is 27.5 Å². The average Bonchev–Trinajstić information content (AvgIpc) is 2.95. The van der Waals surface area contributed by atoms with Crippen LogP contribution >= 0.6 is 0 Å². The first-order chi connectivity index (χ1) is 19.5. The Labute approximate surface area is 244 Å². The number of carbonyl (C=O) groups is 2. The van der Waals surface area contributed by atoms with Crippen molar-refractivity contribution < 1.29 is 22.7 Å². The maximum atomic E-state index is 14.2. The third-order valence-corrected chi connectivity index (χ3v) is 8.13. The van der Waals surface area contributed by atoms with Crippen LogP contribution in [-0.4, -0.2) is 56.6 Å². The Kier molecular flexibility index (Phi) is 11.3. The van der Waals surface area contributed by atoms with Gasteiger partial charge in [0.2, 0.25) is 21.8 Å². The normalized spacial score (nSPS) is 12.7. The number of benzene rings is 3. The third kappa shape index (κ3) is 9.08. The fourth-order valence-corrected chi connectivity index (χ4v) is 5.30. The molecule has 0 heterocycles.